The van der Waals surface area contributed by atoms with E-state index in [1.54, 1.807) is 0 Å². The summed E-state index contributed by atoms with van der Waals surface area (Å²) in [7, 11) is 0. The van der Waals surface area contributed by atoms with Crippen molar-refractivity contribution in [1.29, 1.82) is 0 Å². The zero-order valence-corrected chi connectivity index (χ0v) is 9.87. The van der Waals surface area contributed by atoms with Gasteiger partial charge in [-0.3, -0.25) is 4.79 Å². The second-order valence-electron chi connectivity index (χ2n) is 4.83. The zero-order valence-electron chi connectivity index (χ0n) is 9.11. The number of hydrogen-bond donors (Lipinski definition) is 0. The molecular weight excluding hydrogens is 216 g/mol. The third-order valence-corrected chi connectivity index (χ3v) is 3.41. The first kappa shape index (κ1) is 11.2. The van der Waals surface area contributed by atoms with E-state index < -0.39 is 0 Å². The lowest BCUT2D eigenvalue weighted by atomic mass is 9.89. The van der Waals surface area contributed by atoms with E-state index in [0.717, 1.165) is 12.8 Å². The van der Waals surface area contributed by atoms with Crippen LogP contribution in [0, 0.1) is 11.8 Å². The fraction of sp³-hybridized carbons (Fsp3) is 0.909. The Morgan fingerprint density at radius 1 is 1.47 bits per heavy atom. The first-order valence-corrected chi connectivity index (χ1v) is 5.97. The van der Waals surface area contributed by atoms with Gasteiger partial charge in [0.15, 0.2) is 0 Å². The normalized spacial score (nSPS) is 38.7. The van der Waals surface area contributed by atoms with Crippen LogP contribution in [0.4, 0.5) is 0 Å². The second kappa shape index (κ2) is 4.30. The summed E-state index contributed by atoms with van der Waals surface area (Å²) in [5.41, 5.74) is 0. The molecule has 0 radical (unpaired) electrons. The maximum atomic E-state index is 11.7. The van der Waals surface area contributed by atoms with Gasteiger partial charge >= 0.3 is 5.97 Å². The highest BCUT2D eigenvalue weighted by Crippen LogP contribution is 2.42. The molecule has 0 N–H and O–H groups in total. The molecule has 1 aliphatic heterocycles. The summed E-state index contributed by atoms with van der Waals surface area (Å²) in [6.07, 6.45) is 2.09. The number of esters is 1. The predicted molar refractivity (Wildman–Crippen MR) is 56.8 cm³/mol. The van der Waals surface area contributed by atoms with E-state index in [0.29, 0.717) is 18.6 Å². The minimum atomic E-state index is -0.172. The number of rotatable bonds is 3. The molecule has 86 valence electrons. The summed E-state index contributed by atoms with van der Waals surface area (Å²) in [5.74, 6) is 0.0445. The predicted octanol–water partition coefficient (Wildman–Crippen LogP) is 1.97. The van der Waals surface area contributed by atoms with Gasteiger partial charge in [0.1, 0.15) is 0 Å². The quantitative estimate of drug-likeness (QED) is 0.424. The van der Waals surface area contributed by atoms with Crippen molar-refractivity contribution in [2.24, 2.45) is 11.8 Å². The van der Waals surface area contributed by atoms with Gasteiger partial charge in [0.05, 0.1) is 24.7 Å². The number of hydrogen-bond acceptors (Lipinski definition) is 3. The average Bonchev–Trinajstić information content (AvgIpc) is 2.90. The Bertz CT molecular complexity index is 254. The van der Waals surface area contributed by atoms with Crippen LogP contribution >= 0.6 is 11.6 Å². The number of ether oxygens (including phenoxy) is 2. The van der Waals surface area contributed by atoms with E-state index in [2.05, 4.69) is 0 Å². The molecule has 1 saturated carbocycles. The second-order valence-corrected chi connectivity index (χ2v) is 5.39. The van der Waals surface area contributed by atoms with E-state index in [1.807, 2.05) is 13.8 Å². The molecule has 0 amide bonds. The van der Waals surface area contributed by atoms with Gasteiger partial charge in [0.25, 0.3) is 0 Å². The lowest BCUT2D eigenvalue weighted by molar-refractivity contribution is -0.150. The number of fused-ring (bicyclic) bond motifs is 1. The van der Waals surface area contributed by atoms with Gasteiger partial charge in [-0.05, 0) is 18.8 Å². The van der Waals surface area contributed by atoms with Gasteiger partial charge in [-0.15, -0.1) is 11.6 Å². The Kier molecular flexibility index (Phi) is 3.21. The fourth-order valence-corrected chi connectivity index (χ4v) is 2.36. The largest absolute Gasteiger partial charge is 0.465 e. The van der Waals surface area contributed by atoms with Gasteiger partial charge in [-0.1, -0.05) is 13.8 Å². The summed E-state index contributed by atoms with van der Waals surface area (Å²) in [6.45, 7) is 4.52. The molecule has 0 spiro atoms. The molecule has 4 atom stereocenters. The van der Waals surface area contributed by atoms with Crippen molar-refractivity contribution >= 4 is 17.6 Å². The van der Waals surface area contributed by atoms with Crippen LogP contribution in [0.3, 0.4) is 0 Å². The molecule has 15 heavy (non-hydrogen) atoms. The Labute approximate surface area is 95.1 Å². The highest BCUT2D eigenvalue weighted by molar-refractivity contribution is 6.22. The summed E-state index contributed by atoms with van der Waals surface area (Å²) in [4.78, 5) is 11.7. The van der Waals surface area contributed by atoms with E-state index in [1.165, 1.54) is 0 Å². The minimum absolute atomic E-state index is 0.117. The van der Waals surface area contributed by atoms with E-state index >= 15 is 0 Å². The molecule has 4 unspecified atom stereocenters. The van der Waals surface area contributed by atoms with Crippen molar-refractivity contribution in [2.75, 3.05) is 6.61 Å². The van der Waals surface area contributed by atoms with Crippen molar-refractivity contribution in [3.05, 3.63) is 0 Å². The van der Waals surface area contributed by atoms with Crippen molar-refractivity contribution in [3.8, 4) is 0 Å². The third kappa shape index (κ3) is 2.64. The van der Waals surface area contributed by atoms with Crippen LogP contribution in [0.5, 0.6) is 0 Å². The molecule has 2 rings (SSSR count). The van der Waals surface area contributed by atoms with Crippen LogP contribution < -0.4 is 0 Å². The first-order valence-electron chi connectivity index (χ1n) is 5.54. The minimum Gasteiger partial charge on any atom is -0.465 e. The van der Waals surface area contributed by atoms with E-state index in [-0.39, 0.29) is 23.4 Å². The number of halogens is 1. The Balaban J connectivity index is 1.83. The Morgan fingerprint density at radius 3 is 2.80 bits per heavy atom. The maximum absolute atomic E-state index is 11.7. The highest BCUT2D eigenvalue weighted by atomic mass is 35.5. The van der Waals surface area contributed by atoms with Crippen LogP contribution in [0.15, 0.2) is 0 Å². The third-order valence-electron chi connectivity index (χ3n) is 2.93. The molecular formula is C11H17ClO3. The lowest BCUT2D eigenvalue weighted by Gasteiger charge is -2.23. The summed E-state index contributed by atoms with van der Waals surface area (Å²) >= 11 is 6.13. The highest BCUT2D eigenvalue weighted by Gasteiger charge is 2.50. The number of carbonyl (C=O) groups is 1. The molecule has 0 aromatic carbocycles. The molecule has 2 fully saturated rings. The molecule has 0 aromatic rings. The molecule has 1 heterocycles. The van der Waals surface area contributed by atoms with Gasteiger partial charge < -0.3 is 9.47 Å². The summed E-state index contributed by atoms with van der Waals surface area (Å²) in [5, 5.41) is -0.117. The molecule has 1 saturated heterocycles. The molecule has 4 heteroatoms. The molecule has 2 aliphatic rings. The zero-order chi connectivity index (χ0) is 11.0. The van der Waals surface area contributed by atoms with Gasteiger partial charge in [0, 0.05) is 5.38 Å². The summed E-state index contributed by atoms with van der Waals surface area (Å²) in [6, 6.07) is 0. The van der Waals surface area contributed by atoms with Crippen LogP contribution in [0.2, 0.25) is 0 Å². The lowest BCUT2D eigenvalue weighted by Crippen LogP contribution is -2.33. The van der Waals surface area contributed by atoms with Gasteiger partial charge in [-0.2, -0.15) is 0 Å². The van der Waals surface area contributed by atoms with E-state index in [9.17, 15) is 4.79 Å². The molecule has 0 aromatic heterocycles. The van der Waals surface area contributed by atoms with Crippen molar-refractivity contribution in [3.63, 3.8) is 0 Å². The van der Waals surface area contributed by atoms with Crippen LogP contribution in [0.25, 0.3) is 0 Å². The monoisotopic (exact) mass is 232 g/mol. The molecule has 1 aliphatic carbocycles. The topological polar surface area (TPSA) is 38.8 Å². The number of carbonyl (C=O) groups excluding carboxylic acids is 1. The van der Waals surface area contributed by atoms with Crippen molar-refractivity contribution < 1.29 is 14.3 Å². The first-order chi connectivity index (χ1) is 7.08. The van der Waals surface area contributed by atoms with E-state index in [4.69, 9.17) is 21.1 Å². The average molecular weight is 233 g/mol. The van der Waals surface area contributed by atoms with Gasteiger partial charge in [0.2, 0.25) is 0 Å². The van der Waals surface area contributed by atoms with Crippen LogP contribution in [-0.4, -0.2) is 30.2 Å². The van der Waals surface area contributed by atoms with Crippen molar-refractivity contribution in [2.45, 2.75) is 44.3 Å². The molecule has 3 nitrogen and oxygen atoms in total. The standard InChI is InChI=1S/C11H17ClO3/c1-6(2)5-14-11(13)7-3-9-10(15-9)4-8(7)12/h6-10H,3-5H2,1-2H3. The molecule has 0 bridgehead atoms. The Hall–Kier alpha value is -0.280. The fourth-order valence-electron chi connectivity index (χ4n) is 1.98. The van der Waals surface area contributed by atoms with Crippen LogP contribution in [0.1, 0.15) is 26.7 Å². The van der Waals surface area contributed by atoms with Crippen LogP contribution in [-0.2, 0) is 14.3 Å². The number of epoxide rings is 1. The maximum Gasteiger partial charge on any atom is 0.310 e. The van der Waals surface area contributed by atoms with Gasteiger partial charge in [-0.25, -0.2) is 0 Å². The Morgan fingerprint density at radius 2 is 2.13 bits per heavy atom. The SMILES string of the molecule is CC(C)COC(=O)C1CC2OC2CC1Cl. The summed E-state index contributed by atoms with van der Waals surface area (Å²) < 4.78 is 10.6. The smallest absolute Gasteiger partial charge is 0.310 e. The number of alkyl halides is 1. The van der Waals surface area contributed by atoms with Crippen molar-refractivity contribution in [1.82, 2.24) is 0 Å².